The molecule has 0 bridgehead atoms. The predicted molar refractivity (Wildman–Crippen MR) is 88.7 cm³/mol. The van der Waals surface area contributed by atoms with Crippen molar-refractivity contribution < 1.29 is 0 Å². The van der Waals surface area contributed by atoms with Crippen LogP contribution in [0.3, 0.4) is 0 Å². The van der Waals surface area contributed by atoms with Crippen molar-refractivity contribution in [2.75, 3.05) is 26.7 Å². The lowest BCUT2D eigenvalue weighted by molar-refractivity contribution is 0.238. The largest absolute Gasteiger partial charge is 0.316 e. The highest BCUT2D eigenvalue weighted by Gasteiger charge is 2.16. The predicted octanol–water partition coefficient (Wildman–Crippen LogP) is 3.32. The van der Waals surface area contributed by atoms with Crippen LogP contribution in [0.25, 0.3) is 10.9 Å². The smallest absolute Gasteiger partial charge is 0.0761 e. The second-order valence-corrected chi connectivity index (χ2v) is 6.42. The fourth-order valence-corrected chi connectivity index (χ4v) is 3.42. The number of fused-ring (bicyclic) bond motifs is 1. The molecule has 4 heteroatoms. The van der Waals surface area contributed by atoms with E-state index in [0.717, 1.165) is 41.5 Å². The Bertz CT molecular complexity index is 608. The third-order valence-electron chi connectivity index (χ3n) is 4.21. The van der Waals surface area contributed by atoms with Gasteiger partial charge in [0.2, 0.25) is 0 Å². The molecule has 3 nitrogen and oxygen atoms in total. The highest BCUT2D eigenvalue weighted by atomic mass is 35.5. The van der Waals surface area contributed by atoms with Gasteiger partial charge in [0.25, 0.3) is 0 Å². The summed E-state index contributed by atoms with van der Waals surface area (Å²) in [6.45, 7) is 4.36. The van der Waals surface area contributed by atoms with Crippen molar-refractivity contribution >= 4 is 22.5 Å². The fourth-order valence-electron chi connectivity index (χ4n) is 3.20. The van der Waals surface area contributed by atoms with Crippen molar-refractivity contribution in [3.8, 4) is 0 Å². The van der Waals surface area contributed by atoms with E-state index in [4.69, 9.17) is 11.6 Å². The van der Waals surface area contributed by atoms with Crippen LogP contribution in [-0.2, 0) is 6.54 Å². The first kappa shape index (κ1) is 14.8. The van der Waals surface area contributed by atoms with Crippen molar-refractivity contribution in [3.05, 3.63) is 41.0 Å². The van der Waals surface area contributed by atoms with E-state index in [2.05, 4.69) is 28.3 Å². The Hall–Kier alpha value is -1.16. The van der Waals surface area contributed by atoms with E-state index in [9.17, 15) is 0 Å². The number of hydrogen-bond donors (Lipinski definition) is 1. The van der Waals surface area contributed by atoms with Crippen molar-refractivity contribution in [3.63, 3.8) is 0 Å². The van der Waals surface area contributed by atoms with Gasteiger partial charge in [0.15, 0.2) is 0 Å². The summed E-state index contributed by atoms with van der Waals surface area (Å²) in [4.78, 5) is 6.92. The van der Waals surface area contributed by atoms with Crippen molar-refractivity contribution in [2.24, 2.45) is 5.92 Å². The zero-order chi connectivity index (χ0) is 14.7. The first-order chi connectivity index (χ1) is 10.2. The molecule has 0 radical (unpaired) electrons. The van der Waals surface area contributed by atoms with Crippen LogP contribution < -0.4 is 5.32 Å². The first-order valence-corrected chi connectivity index (χ1v) is 8.03. The van der Waals surface area contributed by atoms with Gasteiger partial charge in [-0.25, -0.2) is 0 Å². The van der Waals surface area contributed by atoms with Crippen LogP contribution in [-0.4, -0.2) is 36.6 Å². The van der Waals surface area contributed by atoms with Gasteiger partial charge in [-0.15, -0.1) is 0 Å². The Labute approximate surface area is 131 Å². The number of rotatable bonds is 4. The summed E-state index contributed by atoms with van der Waals surface area (Å²) in [7, 11) is 2.19. The van der Waals surface area contributed by atoms with Gasteiger partial charge < -0.3 is 10.2 Å². The van der Waals surface area contributed by atoms with Gasteiger partial charge in [-0.1, -0.05) is 17.7 Å². The van der Waals surface area contributed by atoms with Gasteiger partial charge in [0, 0.05) is 29.7 Å². The molecule has 2 aromatic rings. The van der Waals surface area contributed by atoms with Gasteiger partial charge in [0.05, 0.1) is 5.52 Å². The minimum absolute atomic E-state index is 0.760. The highest BCUT2D eigenvalue weighted by molar-refractivity contribution is 6.35. The maximum absolute atomic E-state index is 6.26. The molecule has 1 aromatic carbocycles. The van der Waals surface area contributed by atoms with Crippen molar-refractivity contribution in [2.45, 2.75) is 19.4 Å². The summed E-state index contributed by atoms with van der Waals surface area (Å²) in [6, 6.07) is 8.07. The summed E-state index contributed by atoms with van der Waals surface area (Å²) in [5.41, 5.74) is 2.28. The van der Waals surface area contributed by atoms with E-state index in [1.54, 1.807) is 0 Å². The number of pyridine rings is 1. The molecule has 1 fully saturated rings. The molecule has 1 saturated heterocycles. The molecule has 3 rings (SSSR count). The Kier molecular flexibility index (Phi) is 4.73. The zero-order valence-electron chi connectivity index (χ0n) is 12.5. The summed E-state index contributed by atoms with van der Waals surface area (Å²) in [5.74, 6) is 0.760. The number of piperidine rings is 1. The van der Waals surface area contributed by atoms with Gasteiger partial charge in [-0.05, 0) is 62.7 Å². The van der Waals surface area contributed by atoms with E-state index >= 15 is 0 Å². The third kappa shape index (κ3) is 3.54. The topological polar surface area (TPSA) is 28.2 Å². The lowest BCUT2D eigenvalue weighted by Crippen LogP contribution is -2.36. The SMILES string of the molecule is CN(Cc1ccc(Cl)c2cccnc12)CC1CCCNC1. The molecule has 1 atom stereocenters. The zero-order valence-corrected chi connectivity index (χ0v) is 13.2. The van der Waals surface area contributed by atoms with E-state index in [-0.39, 0.29) is 0 Å². The summed E-state index contributed by atoms with van der Waals surface area (Å²) in [6.07, 6.45) is 4.47. The quantitative estimate of drug-likeness (QED) is 0.939. The van der Waals surface area contributed by atoms with E-state index in [1.165, 1.54) is 24.9 Å². The van der Waals surface area contributed by atoms with Gasteiger partial charge in [-0.3, -0.25) is 4.98 Å². The van der Waals surface area contributed by atoms with Crippen LogP contribution in [0.2, 0.25) is 5.02 Å². The summed E-state index contributed by atoms with van der Waals surface area (Å²) < 4.78 is 0. The lowest BCUT2D eigenvalue weighted by atomic mass is 9.99. The molecule has 0 saturated carbocycles. The number of hydrogen-bond acceptors (Lipinski definition) is 3. The molecule has 1 aliphatic heterocycles. The second kappa shape index (κ2) is 6.73. The Balaban J connectivity index is 1.73. The molecular formula is C17H22ClN3. The van der Waals surface area contributed by atoms with E-state index in [0.29, 0.717) is 0 Å². The first-order valence-electron chi connectivity index (χ1n) is 7.65. The molecule has 112 valence electrons. The van der Waals surface area contributed by atoms with Crippen LogP contribution in [0.4, 0.5) is 0 Å². The molecule has 21 heavy (non-hydrogen) atoms. The van der Waals surface area contributed by atoms with Crippen LogP contribution in [0.5, 0.6) is 0 Å². The number of aromatic nitrogens is 1. The standard InChI is InChI=1S/C17H22ClN3/c1-21(11-13-4-2-8-19-10-13)12-14-6-7-16(18)15-5-3-9-20-17(14)15/h3,5-7,9,13,19H,2,4,8,10-12H2,1H3. The maximum atomic E-state index is 6.26. The highest BCUT2D eigenvalue weighted by Crippen LogP contribution is 2.25. The number of halogens is 1. The number of benzene rings is 1. The molecule has 0 aliphatic carbocycles. The number of nitrogens with one attached hydrogen (secondary N) is 1. The number of nitrogens with zero attached hydrogens (tertiary/aromatic N) is 2. The van der Waals surface area contributed by atoms with Crippen LogP contribution >= 0.6 is 11.6 Å². The summed E-state index contributed by atoms with van der Waals surface area (Å²) in [5, 5.41) is 5.31. The monoisotopic (exact) mass is 303 g/mol. The van der Waals surface area contributed by atoms with Crippen molar-refractivity contribution in [1.29, 1.82) is 0 Å². The summed E-state index contributed by atoms with van der Waals surface area (Å²) >= 11 is 6.26. The fraction of sp³-hybridized carbons (Fsp3) is 0.471. The average molecular weight is 304 g/mol. The normalized spacial score (nSPS) is 19.3. The van der Waals surface area contributed by atoms with Gasteiger partial charge in [0.1, 0.15) is 0 Å². The molecule has 0 spiro atoms. The van der Waals surface area contributed by atoms with Crippen LogP contribution in [0, 0.1) is 5.92 Å². The lowest BCUT2D eigenvalue weighted by Gasteiger charge is -2.27. The van der Waals surface area contributed by atoms with Crippen LogP contribution in [0.15, 0.2) is 30.5 Å². The van der Waals surface area contributed by atoms with Gasteiger partial charge in [-0.2, -0.15) is 0 Å². The Morgan fingerprint density at radius 2 is 2.29 bits per heavy atom. The third-order valence-corrected chi connectivity index (χ3v) is 4.54. The molecular weight excluding hydrogens is 282 g/mol. The molecule has 1 aromatic heterocycles. The minimum Gasteiger partial charge on any atom is -0.316 e. The van der Waals surface area contributed by atoms with E-state index in [1.807, 2.05) is 24.4 Å². The molecule has 1 aliphatic rings. The Morgan fingerprint density at radius 1 is 1.38 bits per heavy atom. The maximum Gasteiger partial charge on any atom is 0.0761 e. The average Bonchev–Trinajstić information content (AvgIpc) is 2.51. The Morgan fingerprint density at radius 3 is 3.10 bits per heavy atom. The molecule has 1 unspecified atom stereocenters. The molecule has 0 amide bonds. The van der Waals surface area contributed by atoms with E-state index < -0.39 is 0 Å². The minimum atomic E-state index is 0.760. The molecule has 1 N–H and O–H groups in total. The van der Waals surface area contributed by atoms with Crippen LogP contribution in [0.1, 0.15) is 18.4 Å². The molecule has 2 heterocycles. The second-order valence-electron chi connectivity index (χ2n) is 6.02. The van der Waals surface area contributed by atoms with Crippen molar-refractivity contribution in [1.82, 2.24) is 15.2 Å². The van der Waals surface area contributed by atoms with Gasteiger partial charge >= 0.3 is 0 Å².